The molecule has 2 nitrogen and oxygen atoms in total. The highest BCUT2D eigenvalue weighted by Gasteiger charge is 2.30. The van der Waals surface area contributed by atoms with E-state index in [2.05, 4.69) is 6.07 Å². The molecule has 1 atom stereocenters. The van der Waals surface area contributed by atoms with Crippen molar-refractivity contribution in [3.05, 3.63) is 65.0 Å². The minimum Gasteiger partial charge on any atom is -0.493 e. The summed E-state index contributed by atoms with van der Waals surface area (Å²) >= 11 is 0. The van der Waals surface area contributed by atoms with Gasteiger partial charge in [0.15, 0.2) is 0 Å². The molecule has 0 saturated carbocycles. The van der Waals surface area contributed by atoms with Crippen molar-refractivity contribution >= 4 is 0 Å². The average Bonchev–Trinajstić information content (AvgIpc) is 2.87. The maximum absolute atomic E-state index is 13.0. The third kappa shape index (κ3) is 2.00. The number of ether oxygens (including phenoxy) is 1. The number of halogens is 1. The summed E-state index contributed by atoms with van der Waals surface area (Å²) in [6.45, 7) is 2.63. The summed E-state index contributed by atoms with van der Waals surface area (Å²) in [5, 5.41) is 0. The van der Waals surface area contributed by atoms with E-state index in [1.165, 1.54) is 17.7 Å². The van der Waals surface area contributed by atoms with E-state index in [1.54, 1.807) is 12.1 Å². The smallest absolute Gasteiger partial charge is 0.128 e. The Hall–Kier alpha value is -1.87. The van der Waals surface area contributed by atoms with Crippen LogP contribution in [-0.4, -0.2) is 6.61 Å². The molecule has 2 aromatic carbocycles. The maximum Gasteiger partial charge on any atom is 0.128 e. The van der Waals surface area contributed by atoms with Gasteiger partial charge in [0.2, 0.25) is 0 Å². The van der Waals surface area contributed by atoms with Crippen molar-refractivity contribution in [2.75, 3.05) is 6.61 Å². The lowest BCUT2D eigenvalue weighted by Crippen LogP contribution is -2.34. The standard InChI is InChI=1S/C16H16FNO/c1-16(18,12-5-7-13(17)8-6-12)14-4-2-3-11-9-10-19-15(11)14/h2-8H,9-10,18H2,1H3. The topological polar surface area (TPSA) is 35.2 Å². The lowest BCUT2D eigenvalue weighted by Gasteiger charge is -2.27. The van der Waals surface area contributed by atoms with Gasteiger partial charge in [-0.2, -0.15) is 0 Å². The Kier molecular flexibility index (Phi) is 2.79. The van der Waals surface area contributed by atoms with Crippen molar-refractivity contribution < 1.29 is 9.13 Å². The molecule has 98 valence electrons. The van der Waals surface area contributed by atoms with Crippen LogP contribution in [0.2, 0.25) is 0 Å². The molecule has 1 heterocycles. The molecule has 0 amide bonds. The molecule has 0 saturated heterocycles. The summed E-state index contributed by atoms with van der Waals surface area (Å²) in [5.74, 6) is 0.630. The number of para-hydroxylation sites is 1. The lowest BCUT2D eigenvalue weighted by molar-refractivity contribution is 0.347. The van der Waals surface area contributed by atoms with Gasteiger partial charge in [0.1, 0.15) is 11.6 Å². The molecule has 0 fully saturated rings. The first-order valence-corrected chi connectivity index (χ1v) is 6.39. The van der Waals surface area contributed by atoms with E-state index in [9.17, 15) is 4.39 Å². The molecule has 0 bridgehead atoms. The second kappa shape index (κ2) is 4.35. The fourth-order valence-electron chi connectivity index (χ4n) is 2.58. The van der Waals surface area contributed by atoms with E-state index >= 15 is 0 Å². The summed E-state index contributed by atoms with van der Waals surface area (Å²) in [6, 6.07) is 12.4. The van der Waals surface area contributed by atoms with Gasteiger partial charge in [-0.3, -0.25) is 0 Å². The number of benzene rings is 2. The van der Waals surface area contributed by atoms with Crippen LogP contribution < -0.4 is 10.5 Å². The van der Waals surface area contributed by atoms with Crippen LogP contribution in [-0.2, 0) is 12.0 Å². The Labute approximate surface area is 112 Å². The van der Waals surface area contributed by atoms with Gasteiger partial charge in [-0.05, 0) is 30.2 Å². The zero-order valence-corrected chi connectivity index (χ0v) is 10.8. The number of hydrogen-bond acceptors (Lipinski definition) is 2. The van der Waals surface area contributed by atoms with Crippen molar-refractivity contribution in [3.63, 3.8) is 0 Å². The van der Waals surface area contributed by atoms with Crippen LogP contribution in [0, 0.1) is 5.82 Å². The van der Waals surface area contributed by atoms with Gasteiger partial charge >= 0.3 is 0 Å². The maximum atomic E-state index is 13.0. The van der Waals surface area contributed by atoms with Crippen LogP contribution in [0.1, 0.15) is 23.6 Å². The minimum absolute atomic E-state index is 0.255. The van der Waals surface area contributed by atoms with Crippen molar-refractivity contribution in [2.24, 2.45) is 5.73 Å². The Morgan fingerprint density at radius 2 is 1.89 bits per heavy atom. The summed E-state index contributed by atoms with van der Waals surface area (Å²) < 4.78 is 18.7. The van der Waals surface area contributed by atoms with E-state index in [0.717, 1.165) is 23.3 Å². The molecule has 0 spiro atoms. The van der Waals surface area contributed by atoms with Gasteiger partial charge in [0.05, 0.1) is 12.1 Å². The highest BCUT2D eigenvalue weighted by molar-refractivity contribution is 5.51. The summed E-state index contributed by atoms with van der Waals surface area (Å²) in [4.78, 5) is 0. The normalized spacial score (nSPS) is 16.6. The SMILES string of the molecule is CC(N)(c1ccc(F)cc1)c1cccc2c1OCC2. The highest BCUT2D eigenvalue weighted by Crippen LogP contribution is 2.38. The van der Waals surface area contributed by atoms with E-state index < -0.39 is 5.54 Å². The van der Waals surface area contributed by atoms with Gasteiger partial charge in [0, 0.05) is 12.0 Å². The number of hydrogen-bond donors (Lipinski definition) is 1. The number of nitrogens with two attached hydrogens (primary N) is 1. The predicted octanol–water partition coefficient (Wildman–Crippen LogP) is 2.98. The average molecular weight is 257 g/mol. The molecule has 3 rings (SSSR count). The molecular weight excluding hydrogens is 241 g/mol. The summed E-state index contributed by atoms with van der Waals surface area (Å²) in [6.07, 6.45) is 0.919. The first kappa shape index (κ1) is 12.2. The quantitative estimate of drug-likeness (QED) is 0.897. The van der Waals surface area contributed by atoms with Gasteiger partial charge in [-0.1, -0.05) is 30.3 Å². The Bertz CT molecular complexity index is 605. The van der Waals surface area contributed by atoms with Gasteiger partial charge in [0.25, 0.3) is 0 Å². The van der Waals surface area contributed by atoms with Gasteiger partial charge < -0.3 is 10.5 Å². The molecule has 0 aromatic heterocycles. The monoisotopic (exact) mass is 257 g/mol. The van der Waals surface area contributed by atoms with E-state index in [0.29, 0.717) is 6.61 Å². The van der Waals surface area contributed by atoms with Gasteiger partial charge in [-0.25, -0.2) is 4.39 Å². The molecule has 2 aromatic rings. The van der Waals surface area contributed by atoms with Crippen molar-refractivity contribution in [1.82, 2.24) is 0 Å². The molecule has 1 aliphatic heterocycles. The van der Waals surface area contributed by atoms with Gasteiger partial charge in [-0.15, -0.1) is 0 Å². The first-order chi connectivity index (χ1) is 9.09. The number of fused-ring (bicyclic) bond motifs is 1. The van der Waals surface area contributed by atoms with Crippen LogP contribution in [0.15, 0.2) is 42.5 Å². The van der Waals surface area contributed by atoms with Crippen molar-refractivity contribution in [2.45, 2.75) is 18.9 Å². The second-order valence-electron chi connectivity index (χ2n) is 5.10. The first-order valence-electron chi connectivity index (χ1n) is 6.39. The zero-order valence-electron chi connectivity index (χ0n) is 10.8. The molecule has 3 heteroatoms. The molecule has 2 N–H and O–H groups in total. The van der Waals surface area contributed by atoms with Crippen LogP contribution in [0.25, 0.3) is 0 Å². The van der Waals surface area contributed by atoms with E-state index in [1.807, 2.05) is 19.1 Å². The zero-order chi connectivity index (χ0) is 13.5. The Morgan fingerprint density at radius 3 is 2.63 bits per heavy atom. The molecule has 0 aliphatic carbocycles. The van der Waals surface area contributed by atoms with E-state index in [-0.39, 0.29) is 5.82 Å². The predicted molar refractivity (Wildman–Crippen MR) is 72.7 cm³/mol. The Balaban J connectivity index is 2.10. The highest BCUT2D eigenvalue weighted by atomic mass is 19.1. The fraction of sp³-hybridized carbons (Fsp3) is 0.250. The summed E-state index contributed by atoms with van der Waals surface area (Å²) in [5.41, 5.74) is 8.81. The third-order valence-corrected chi connectivity index (χ3v) is 3.72. The fourth-order valence-corrected chi connectivity index (χ4v) is 2.58. The van der Waals surface area contributed by atoms with Crippen LogP contribution >= 0.6 is 0 Å². The minimum atomic E-state index is -0.691. The lowest BCUT2D eigenvalue weighted by atomic mass is 9.84. The molecule has 19 heavy (non-hydrogen) atoms. The molecular formula is C16H16FNO. The number of rotatable bonds is 2. The Morgan fingerprint density at radius 1 is 1.16 bits per heavy atom. The van der Waals surface area contributed by atoms with E-state index in [4.69, 9.17) is 10.5 Å². The molecule has 0 radical (unpaired) electrons. The molecule has 1 unspecified atom stereocenters. The second-order valence-corrected chi connectivity index (χ2v) is 5.10. The van der Waals surface area contributed by atoms with Crippen LogP contribution in [0.5, 0.6) is 5.75 Å². The van der Waals surface area contributed by atoms with Crippen molar-refractivity contribution in [1.29, 1.82) is 0 Å². The summed E-state index contributed by atoms with van der Waals surface area (Å²) in [7, 11) is 0. The third-order valence-electron chi connectivity index (χ3n) is 3.72. The van der Waals surface area contributed by atoms with Crippen LogP contribution in [0.3, 0.4) is 0 Å². The van der Waals surface area contributed by atoms with Crippen LogP contribution in [0.4, 0.5) is 4.39 Å². The molecule has 1 aliphatic rings. The van der Waals surface area contributed by atoms with Crippen molar-refractivity contribution in [3.8, 4) is 5.75 Å². The largest absolute Gasteiger partial charge is 0.493 e.